The van der Waals surface area contributed by atoms with Crippen molar-refractivity contribution >= 4 is 49.5 Å². The van der Waals surface area contributed by atoms with Gasteiger partial charge in [0.1, 0.15) is 12.8 Å². The Morgan fingerprint density at radius 3 is 1.07 bits per heavy atom. The van der Waals surface area contributed by atoms with Crippen molar-refractivity contribution in [3.05, 3.63) is 0 Å². The number of rotatable bonds is 10. The number of carboxylic acid groups (broad SMARTS) is 2. The Morgan fingerprint density at radius 2 is 0.897 bits per heavy atom. The van der Waals surface area contributed by atoms with Gasteiger partial charge in [-0.1, -0.05) is 12.9 Å². The van der Waals surface area contributed by atoms with Crippen LogP contribution in [0.2, 0.25) is 0 Å². The molecular weight excluding hydrogens is 481 g/mol. The van der Waals surface area contributed by atoms with Crippen LogP contribution in [0.25, 0.3) is 0 Å². The molecule has 0 saturated heterocycles. The van der Waals surface area contributed by atoms with E-state index in [2.05, 4.69) is 10.6 Å². The standard InChI is InChI=1S/2C5H7N2O4.2CHO2.Y/c2*8-3-6-2-7-4(9)1-5(10)11;2*2-1-3;/h2*1-2H2,(H,6,8)(H,7,9)(H,10,11);2*(H,2,3);/q4*-1;. The van der Waals surface area contributed by atoms with Crippen LogP contribution in [0.5, 0.6) is 0 Å². The number of carboxylic acids is 2. The first-order chi connectivity index (χ1) is 13.2. The number of hydrogen-bond acceptors (Lipinski definition) is 8. The van der Waals surface area contributed by atoms with Crippen LogP contribution < -0.4 is 21.3 Å². The largest absolute Gasteiger partial charge is 0.665 e. The van der Waals surface area contributed by atoms with E-state index in [1.807, 2.05) is 10.6 Å². The van der Waals surface area contributed by atoms with Gasteiger partial charge in [-0.15, -0.1) is 0 Å². The Balaban J connectivity index is -0.000000101. The average molecular weight is 497 g/mol. The molecule has 29 heavy (non-hydrogen) atoms. The average Bonchev–Trinajstić information content (AvgIpc) is 2.56. The summed E-state index contributed by atoms with van der Waals surface area (Å²) in [4.78, 5) is 76.2. The predicted octanol–water partition coefficient (Wildman–Crippen LogP) is -4.40. The summed E-state index contributed by atoms with van der Waals surface area (Å²) in [5.74, 6) is -3.73. The quantitative estimate of drug-likeness (QED) is 0.0468. The van der Waals surface area contributed by atoms with Crippen molar-refractivity contribution in [3.63, 3.8) is 0 Å². The van der Waals surface area contributed by atoms with E-state index in [4.69, 9.17) is 30.0 Å². The minimum absolute atomic E-state index is 0. The molecule has 8 N–H and O–H groups in total. The Kier molecular flexibility index (Phi) is 41.2. The van der Waals surface area contributed by atoms with Gasteiger partial charge in [0.15, 0.2) is 0 Å². The molecule has 0 bridgehead atoms. The summed E-state index contributed by atoms with van der Waals surface area (Å²) < 4.78 is 0. The third kappa shape index (κ3) is 58.8. The van der Waals surface area contributed by atoms with Gasteiger partial charge in [-0.2, -0.15) is 12.8 Å². The van der Waals surface area contributed by atoms with E-state index in [9.17, 15) is 28.8 Å². The van der Waals surface area contributed by atoms with Crippen molar-refractivity contribution in [1.29, 1.82) is 0 Å². The minimum Gasteiger partial charge on any atom is -0.665 e. The molecule has 0 aliphatic carbocycles. The second-order valence-electron chi connectivity index (χ2n) is 3.43. The van der Waals surface area contributed by atoms with Crippen molar-refractivity contribution in [2.24, 2.45) is 0 Å². The van der Waals surface area contributed by atoms with Gasteiger partial charge in [0, 0.05) is 32.7 Å². The maximum atomic E-state index is 10.5. The molecule has 0 aromatic carbocycles. The fraction of sp³-hybridized carbons (Fsp3) is 0.333. The summed E-state index contributed by atoms with van der Waals surface area (Å²) in [5, 5.41) is 38.0. The molecule has 0 spiro atoms. The Morgan fingerprint density at radius 1 is 0.655 bits per heavy atom. The molecule has 4 amide bonds. The van der Waals surface area contributed by atoms with Crippen LogP contribution >= 0.6 is 0 Å². The van der Waals surface area contributed by atoms with Crippen LogP contribution in [0.4, 0.5) is 0 Å². The molecule has 0 rings (SSSR count). The Hall–Kier alpha value is -3.14. The number of nitrogens with one attached hydrogen (secondary N) is 4. The van der Waals surface area contributed by atoms with Crippen LogP contribution in [0, 0.1) is 0 Å². The van der Waals surface area contributed by atoms with Crippen LogP contribution in [0.1, 0.15) is 12.8 Å². The summed E-state index contributed by atoms with van der Waals surface area (Å²) in [5.41, 5.74) is 0. The van der Waals surface area contributed by atoms with Crippen LogP contribution in [-0.2, 0) is 71.1 Å². The third-order valence-corrected chi connectivity index (χ3v) is 1.52. The van der Waals surface area contributed by atoms with E-state index in [0.29, 0.717) is 12.9 Å². The van der Waals surface area contributed by atoms with Gasteiger partial charge >= 0.3 is 11.9 Å². The fourth-order valence-electron chi connectivity index (χ4n) is 0.757. The normalized spacial score (nSPS) is 7.17. The van der Waals surface area contributed by atoms with Crippen molar-refractivity contribution < 1.29 is 91.5 Å². The molecule has 0 heterocycles. The van der Waals surface area contributed by atoms with Gasteiger partial charge in [0.25, 0.3) is 0 Å². The number of aliphatic hydroxyl groups excluding tert-OH is 2. The minimum atomic E-state index is -1.21. The Labute approximate surface area is 188 Å². The van der Waals surface area contributed by atoms with E-state index in [1.54, 1.807) is 0 Å². The van der Waals surface area contributed by atoms with Gasteiger partial charge in [-0.05, 0) is 0 Å². The topological polar surface area (TPSA) is 266 Å². The van der Waals surface area contributed by atoms with Gasteiger partial charge in [-0.25, -0.2) is 0 Å². The zero-order valence-electron chi connectivity index (χ0n) is 14.5. The number of aliphatic carboxylic acids is 2. The van der Waals surface area contributed by atoms with Gasteiger partial charge in [0.05, 0.1) is 13.3 Å². The summed E-state index contributed by atoms with van der Waals surface area (Å²) >= 11 is 0. The Bertz CT molecular complexity index is 459. The summed E-state index contributed by atoms with van der Waals surface area (Å²) in [6.07, 6.45) is 1.44. The smallest absolute Gasteiger partial charge is 0.312 e. The molecule has 0 aliphatic heterocycles. The second-order valence-corrected chi connectivity index (χ2v) is 3.43. The van der Waals surface area contributed by atoms with Crippen molar-refractivity contribution in [3.8, 4) is 0 Å². The van der Waals surface area contributed by atoms with Gasteiger partial charge in [0.2, 0.25) is 11.8 Å². The van der Waals surface area contributed by atoms with Crippen LogP contribution in [0.3, 0.4) is 0 Å². The van der Waals surface area contributed by atoms with E-state index >= 15 is 0 Å². The van der Waals surface area contributed by atoms with Crippen molar-refractivity contribution in [1.82, 2.24) is 21.3 Å². The first-order valence-corrected chi connectivity index (χ1v) is 6.36. The first-order valence-electron chi connectivity index (χ1n) is 6.36. The summed E-state index contributed by atoms with van der Waals surface area (Å²) in [6, 6.07) is 0. The molecule has 16 nitrogen and oxygen atoms in total. The number of hydrogen-bond donors (Lipinski definition) is 8. The second kappa shape index (κ2) is 32.5. The molecule has 0 saturated carbocycles. The first kappa shape index (κ1) is 36.7. The molecule has 163 valence electrons. The molecule has 1 radical (unpaired) electrons. The van der Waals surface area contributed by atoms with E-state index in [-0.39, 0.29) is 46.0 Å². The molecule has 0 aromatic heterocycles. The van der Waals surface area contributed by atoms with Gasteiger partial charge < -0.3 is 60.9 Å². The molecule has 0 unspecified atom stereocenters. The maximum absolute atomic E-state index is 10.5. The van der Waals surface area contributed by atoms with E-state index in [0.717, 1.165) is 0 Å². The number of carbonyl (C=O) groups is 4. The van der Waals surface area contributed by atoms with E-state index in [1.165, 1.54) is 12.8 Å². The van der Waals surface area contributed by atoms with Crippen molar-refractivity contribution in [2.75, 3.05) is 13.3 Å². The SMILES string of the molecule is O=[C-]NCNC(=O)CC(=O)O.O=[C-]NCNC(=O)CC(=O)O.O=[C-]O.O=[C-]O.[Y]. The molecule has 0 aliphatic rings. The molecular formula is C12H16N4O12Y-4. The van der Waals surface area contributed by atoms with Crippen LogP contribution in [0.15, 0.2) is 0 Å². The zero-order chi connectivity index (χ0) is 22.8. The number of amides is 4. The fourth-order valence-corrected chi connectivity index (χ4v) is 0.757. The van der Waals surface area contributed by atoms with Crippen LogP contribution in [-0.4, -0.2) is 83.3 Å². The van der Waals surface area contributed by atoms with E-state index < -0.39 is 36.6 Å². The molecule has 17 heteroatoms. The predicted molar refractivity (Wildman–Crippen MR) is 84.8 cm³/mol. The maximum Gasteiger partial charge on any atom is 0.312 e. The summed E-state index contributed by atoms with van der Waals surface area (Å²) in [6.45, 7) is 0.797. The molecule has 0 fully saturated rings. The number of carbonyl (C=O) groups excluding carboxylic acids is 4. The monoisotopic (exact) mass is 497 g/mol. The molecule has 0 atom stereocenters. The zero-order valence-corrected chi connectivity index (χ0v) is 17.3. The summed E-state index contributed by atoms with van der Waals surface area (Å²) in [7, 11) is 0. The third-order valence-electron chi connectivity index (χ3n) is 1.52. The molecule has 0 aromatic rings. The van der Waals surface area contributed by atoms with Gasteiger partial charge in [-0.3, -0.25) is 19.2 Å². The van der Waals surface area contributed by atoms with Crippen molar-refractivity contribution in [2.45, 2.75) is 12.8 Å².